The number of carboxylic acids is 1. The lowest BCUT2D eigenvalue weighted by Gasteiger charge is -2.37. The van der Waals surface area contributed by atoms with Crippen molar-refractivity contribution >= 4 is 29.3 Å². The largest absolute Gasteiger partial charge is 0.479 e. The number of halogens is 2. The first-order chi connectivity index (χ1) is 17.9. The molecule has 4 rings (SSSR count). The number of alkyl halides is 1. The topological polar surface area (TPSA) is 97.6 Å². The Bertz CT molecular complexity index is 1340. The van der Waals surface area contributed by atoms with Crippen LogP contribution in [-0.2, 0) is 21.5 Å². The Balaban J connectivity index is 1.98. The molecule has 8 nitrogen and oxygen atoms in total. The fourth-order valence-corrected chi connectivity index (χ4v) is 6.10. The lowest BCUT2D eigenvalue weighted by molar-refractivity contribution is -0.150. The second-order valence-corrected chi connectivity index (χ2v) is 11.4. The lowest BCUT2D eigenvalue weighted by atomic mass is 9.82. The molecule has 1 saturated heterocycles. The van der Waals surface area contributed by atoms with Crippen LogP contribution < -0.4 is 0 Å². The van der Waals surface area contributed by atoms with Crippen LogP contribution in [0.1, 0.15) is 59.7 Å². The van der Waals surface area contributed by atoms with Gasteiger partial charge in [0.2, 0.25) is 0 Å². The second kappa shape index (κ2) is 10.0. The van der Waals surface area contributed by atoms with Crippen molar-refractivity contribution in [2.75, 3.05) is 13.7 Å². The van der Waals surface area contributed by atoms with Crippen LogP contribution in [-0.4, -0.2) is 61.6 Å². The summed E-state index contributed by atoms with van der Waals surface area (Å²) in [5.41, 5.74) is -4.17. The van der Waals surface area contributed by atoms with E-state index in [-0.39, 0.29) is 17.1 Å². The molecule has 11 heteroatoms. The van der Waals surface area contributed by atoms with Crippen LogP contribution in [0.3, 0.4) is 0 Å². The number of aliphatic carboxylic acids is 1. The monoisotopic (exact) mass is 544 g/mol. The Morgan fingerprint density at radius 3 is 2.61 bits per heavy atom. The molecule has 0 bridgehead atoms. The summed E-state index contributed by atoms with van der Waals surface area (Å²) in [5, 5.41) is 16.5. The van der Waals surface area contributed by atoms with Crippen molar-refractivity contribution in [2.45, 2.75) is 56.4 Å². The average molecular weight is 545 g/mol. The van der Waals surface area contributed by atoms with Crippen molar-refractivity contribution in [3.8, 4) is 0 Å². The average Bonchev–Trinajstić information content (AvgIpc) is 3.59. The number of carboxylic acid groups (broad SMARTS) is 1. The highest BCUT2D eigenvalue weighted by Crippen LogP contribution is 2.53. The molecule has 202 valence electrons. The van der Waals surface area contributed by atoms with Crippen LogP contribution in [0.4, 0.5) is 8.78 Å². The Labute approximate surface area is 223 Å². The lowest BCUT2D eigenvalue weighted by Crippen LogP contribution is -2.56. The number of hydrogen-bond acceptors (Lipinski definition) is 6. The molecule has 1 fully saturated rings. The molecule has 1 aliphatic heterocycles. The summed E-state index contributed by atoms with van der Waals surface area (Å²) in [4.78, 5) is 32.5. The summed E-state index contributed by atoms with van der Waals surface area (Å²) in [6.07, 6.45) is 5.31. The van der Waals surface area contributed by atoms with Gasteiger partial charge in [-0.15, -0.1) is 11.3 Å². The number of rotatable bonds is 8. The van der Waals surface area contributed by atoms with Crippen LogP contribution >= 0.6 is 11.3 Å². The molecule has 1 N–H and O–H groups in total. The van der Waals surface area contributed by atoms with Gasteiger partial charge in [-0.3, -0.25) is 9.48 Å². The van der Waals surface area contributed by atoms with Crippen molar-refractivity contribution in [3.05, 3.63) is 76.3 Å². The molecule has 3 unspecified atom stereocenters. The van der Waals surface area contributed by atoms with Gasteiger partial charge in [-0.1, -0.05) is 33.4 Å². The zero-order chi connectivity index (χ0) is 27.9. The highest BCUT2D eigenvalue weighted by molar-refractivity contribution is 7.09. The van der Waals surface area contributed by atoms with E-state index >= 15 is 8.78 Å². The smallest absolute Gasteiger partial charge is 0.331 e. The number of hydrogen-bond donors (Lipinski definition) is 1. The number of thiazole rings is 1. The molecule has 1 aliphatic rings. The van der Waals surface area contributed by atoms with Gasteiger partial charge in [0, 0.05) is 37.5 Å². The first-order valence-corrected chi connectivity index (χ1v) is 12.8. The van der Waals surface area contributed by atoms with Crippen LogP contribution in [0.15, 0.2) is 48.7 Å². The Hall–Kier alpha value is -3.44. The zero-order valence-corrected chi connectivity index (χ0v) is 22.5. The van der Waals surface area contributed by atoms with E-state index in [0.29, 0.717) is 11.1 Å². The minimum atomic E-state index is -2.34. The van der Waals surface area contributed by atoms with Gasteiger partial charge in [-0.2, -0.15) is 5.10 Å². The van der Waals surface area contributed by atoms with E-state index in [2.05, 4.69) is 16.7 Å². The third-order valence-electron chi connectivity index (χ3n) is 6.86. The fraction of sp³-hybridized carbons (Fsp3) is 0.407. The Morgan fingerprint density at radius 2 is 2.08 bits per heavy atom. The van der Waals surface area contributed by atoms with Crippen molar-refractivity contribution in [1.82, 2.24) is 19.7 Å². The molecule has 0 spiro atoms. The number of ether oxygens (including phenoxy) is 1. The summed E-state index contributed by atoms with van der Waals surface area (Å²) in [5.74, 6) is -3.27. The van der Waals surface area contributed by atoms with E-state index < -0.39 is 53.4 Å². The predicted molar refractivity (Wildman–Crippen MR) is 139 cm³/mol. The third kappa shape index (κ3) is 4.64. The molecular formula is C27H30F2N4O4S. The number of carbonyl (C=O) groups excluding carboxylic acids is 1. The Kier molecular flexibility index (Phi) is 7.28. The maximum absolute atomic E-state index is 16.9. The first kappa shape index (κ1) is 27.6. The van der Waals surface area contributed by atoms with Gasteiger partial charge in [-0.05, 0) is 34.7 Å². The normalized spacial score (nSPS) is 23.5. The van der Waals surface area contributed by atoms with Crippen molar-refractivity contribution in [2.24, 2.45) is 0 Å². The molecule has 3 heterocycles. The second-order valence-electron chi connectivity index (χ2n) is 10.5. The minimum Gasteiger partial charge on any atom is -0.479 e. The maximum Gasteiger partial charge on any atom is 0.331 e. The van der Waals surface area contributed by atoms with Gasteiger partial charge in [0.15, 0.2) is 11.2 Å². The molecule has 0 aliphatic carbocycles. The fourth-order valence-electron chi connectivity index (χ4n) is 5.27. The third-order valence-corrected chi connectivity index (χ3v) is 7.69. The number of amides is 1. The Morgan fingerprint density at radius 1 is 1.34 bits per heavy atom. The summed E-state index contributed by atoms with van der Waals surface area (Å²) < 4.78 is 39.0. The number of likely N-dealkylation sites (tertiary alicyclic amines) is 1. The predicted octanol–water partition coefficient (Wildman–Crippen LogP) is 4.88. The van der Waals surface area contributed by atoms with Crippen LogP contribution in [0.5, 0.6) is 0 Å². The highest BCUT2D eigenvalue weighted by Gasteiger charge is 2.67. The van der Waals surface area contributed by atoms with E-state index in [1.807, 2.05) is 20.8 Å². The number of nitrogens with zero attached hydrogens (tertiary/aromatic N) is 4. The summed E-state index contributed by atoms with van der Waals surface area (Å²) in [6, 6.07) is 2.75. The number of aromatic nitrogens is 3. The molecular weight excluding hydrogens is 514 g/mol. The molecule has 3 aromatic rings. The van der Waals surface area contributed by atoms with Crippen molar-refractivity contribution in [1.29, 1.82) is 0 Å². The summed E-state index contributed by atoms with van der Waals surface area (Å²) in [7, 11) is 1.29. The quantitative estimate of drug-likeness (QED) is 0.434. The van der Waals surface area contributed by atoms with Crippen LogP contribution in [0, 0.1) is 5.82 Å². The minimum absolute atomic E-state index is 0.178. The van der Waals surface area contributed by atoms with Gasteiger partial charge < -0.3 is 14.7 Å². The van der Waals surface area contributed by atoms with Crippen LogP contribution in [0.25, 0.3) is 6.08 Å². The van der Waals surface area contributed by atoms with E-state index in [4.69, 9.17) is 4.74 Å². The number of benzene rings is 1. The van der Waals surface area contributed by atoms with Gasteiger partial charge in [-0.25, -0.2) is 18.6 Å². The van der Waals surface area contributed by atoms with E-state index in [9.17, 15) is 14.7 Å². The first-order valence-electron chi connectivity index (χ1n) is 12.0. The van der Waals surface area contributed by atoms with Crippen LogP contribution in [0.2, 0.25) is 0 Å². The van der Waals surface area contributed by atoms with Gasteiger partial charge in [0.05, 0.1) is 18.7 Å². The maximum atomic E-state index is 16.9. The molecule has 0 saturated carbocycles. The molecule has 0 radical (unpaired) electrons. The molecule has 38 heavy (non-hydrogen) atoms. The number of carbonyl (C=O) groups is 2. The SMILES string of the molecule is C=Cc1cc(C(=O)N2C(c3nccs3)C(F)(COC)CC2(Cn2cccn2)C(=O)O)c(F)cc1C(C)(C)C. The van der Waals surface area contributed by atoms with E-state index in [0.717, 1.165) is 16.2 Å². The number of methoxy groups -OCH3 is 1. The summed E-state index contributed by atoms with van der Waals surface area (Å²) in [6.45, 7) is 8.64. The van der Waals surface area contributed by atoms with Gasteiger partial charge in [0.1, 0.15) is 16.9 Å². The van der Waals surface area contributed by atoms with Gasteiger partial charge in [0.25, 0.3) is 5.91 Å². The molecule has 1 amide bonds. The van der Waals surface area contributed by atoms with Crippen molar-refractivity contribution in [3.63, 3.8) is 0 Å². The van der Waals surface area contributed by atoms with Crippen molar-refractivity contribution < 1.29 is 28.2 Å². The van der Waals surface area contributed by atoms with E-state index in [1.54, 1.807) is 11.4 Å². The molecule has 3 atom stereocenters. The molecule has 1 aromatic carbocycles. The highest BCUT2D eigenvalue weighted by atomic mass is 32.1. The van der Waals surface area contributed by atoms with E-state index in [1.165, 1.54) is 48.6 Å². The summed E-state index contributed by atoms with van der Waals surface area (Å²) >= 11 is 1.08. The van der Waals surface area contributed by atoms with Gasteiger partial charge >= 0.3 is 5.97 Å². The molecule has 2 aromatic heterocycles. The standard InChI is InChI=1S/C27H30F2N4O4S/c1-6-17-12-18(20(28)13-19(17)25(2,3)4)23(34)33-21(22-30-9-11-38-22)26(29,16-37-5)14-27(33,24(35)36)15-32-10-7-8-31-32/h6-13,21H,1,14-16H2,2-5H3,(H,35,36). The zero-order valence-electron chi connectivity index (χ0n) is 21.6.